The summed E-state index contributed by atoms with van der Waals surface area (Å²) in [7, 11) is 0. The second kappa shape index (κ2) is 7.12. The van der Waals surface area contributed by atoms with Gasteiger partial charge in [0.15, 0.2) is 0 Å². The standard InChI is InChI=1S/C14H14O2S/c1-3-7-13(8-4-1)11-15-17-16-12-14-9-5-2-6-10-14/h1-10H,11-12H2/p+1. The van der Waals surface area contributed by atoms with E-state index in [9.17, 15) is 0 Å². The number of thiol groups is 1. The van der Waals surface area contributed by atoms with E-state index in [1.54, 1.807) is 0 Å². The molecule has 0 spiro atoms. The Morgan fingerprint density at radius 2 is 1.06 bits per heavy atom. The maximum atomic E-state index is 5.39. The fourth-order valence-electron chi connectivity index (χ4n) is 1.39. The number of hydrogen-bond donors (Lipinski definition) is 0. The molecule has 2 aromatic carbocycles. The number of benzene rings is 2. The van der Waals surface area contributed by atoms with Crippen LogP contribution >= 0.6 is 0 Å². The van der Waals surface area contributed by atoms with Crippen LogP contribution < -0.4 is 0 Å². The fraction of sp³-hybridized carbons (Fsp3) is 0.143. The van der Waals surface area contributed by atoms with Gasteiger partial charge in [-0.2, -0.15) is 0 Å². The first-order valence-corrected chi connectivity index (χ1v) is 6.20. The Kier molecular flexibility index (Phi) is 5.10. The third-order valence-corrected chi connectivity index (χ3v) is 2.72. The molecule has 0 aliphatic heterocycles. The van der Waals surface area contributed by atoms with Gasteiger partial charge in [-0.25, -0.2) is 0 Å². The van der Waals surface area contributed by atoms with Gasteiger partial charge in [-0.3, -0.25) is 0 Å². The van der Waals surface area contributed by atoms with Gasteiger partial charge in [-0.15, -0.1) is 8.37 Å². The lowest BCUT2D eigenvalue weighted by atomic mass is 10.2. The average molecular weight is 247 g/mol. The lowest BCUT2D eigenvalue weighted by Crippen LogP contribution is -1.96. The van der Waals surface area contributed by atoms with E-state index in [1.165, 1.54) is 0 Å². The maximum absolute atomic E-state index is 5.39. The van der Waals surface area contributed by atoms with Gasteiger partial charge in [0, 0.05) is 0 Å². The zero-order chi connectivity index (χ0) is 11.8. The van der Waals surface area contributed by atoms with Crippen molar-refractivity contribution in [2.45, 2.75) is 13.2 Å². The van der Waals surface area contributed by atoms with E-state index >= 15 is 0 Å². The molecule has 0 fully saturated rings. The largest absolute Gasteiger partial charge is 0.300 e. The minimum absolute atomic E-state index is 0.563. The van der Waals surface area contributed by atoms with Crippen molar-refractivity contribution in [2.75, 3.05) is 0 Å². The SMILES string of the molecule is c1ccc(CO[SH+]OCc2ccccc2)cc1. The summed E-state index contributed by atoms with van der Waals surface area (Å²) in [5, 5.41) is 0. The predicted octanol–water partition coefficient (Wildman–Crippen LogP) is 3.06. The fourth-order valence-corrected chi connectivity index (χ4v) is 1.87. The molecule has 0 unspecified atom stereocenters. The molecular formula is C14H15O2S+. The van der Waals surface area contributed by atoms with E-state index in [2.05, 4.69) is 0 Å². The molecule has 2 rings (SSSR count). The van der Waals surface area contributed by atoms with Crippen LogP contribution in [0.2, 0.25) is 0 Å². The van der Waals surface area contributed by atoms with Crippen molar-refractivity contribution in [2.24, 2.45) is 0 Å². The molecule has 88 valence electrons. The van der Waals surface area contributed by atoms with Crippen LogP contribution in [0.4, 0.5) is 0 Å². The van der Waals surface area contributed by atoms with E-state index in [-0.39, 0.29) is 0 Å². The molecule has 0 aliphatic carbocycles. The normalized spacial score (nSPS) is 10.4. The first-order chi connectivity index (χ1) is 8.45. The molecule has 0 saturated carbocycles. The van der Waals surface area contributed by atoms with Gasteiger partial charge < -0.3 is 0 Å². The van der Waals surface area contributed by atoms with Gasteiger partial charge in [0.25, 0.3) is 12.3 Å². The van der Waals surface area contributed by atoms with E-state index in [0.717, 1.165) is 11.1 Å². The van der Waals surface area contributed by atoms with Crippen molar-refractivity contribution in [3.63, 3.8) is 0 Å². The zero-order valence-corrected chi connectivity index (χ0v) is 10.3. The number of hydrogen-bond acceptors (Lipinski definition) is 2. The van der Waals surface area contributed by atoms with Crippen LogP contribution in [0.25, 0.3) is 0 Å². The molecule has 3 heteroatoms. The molecule has 0 N–H and O–H groups in total. The van der Waals surface area contributed by atoms with Gasteiger partial charge in [0.05, 0.1) is 0 Å². The highest BCUT2D eigenvalue weighted by molar-refractivity contribution is 7.68. The van der Waals surface area contributed by atoms with Crippen LogP contribution in [-0.4, -0.2) is 0 Å². The minimum Gasteiger partial charge on any atom is -0.138 e. The molecule has 0 heterocycles. The summed E-state index contributed by atoms with van der Waals surface area (Å²) in [4.78, 5) is 0. The summed E-state index contributed by atoms with van der Waals surface area (Å²) in [6, 6.07) is 20.1. The van der Waals surface area contributed by atoms with Gasteiger partial charge in [-0.1, -0.05) is 60.7 Å². The molecule has 0 saturated heterocycles. The Hall–Kier alpha value is -1.29. The molecule has 2 aromatic rings. The summed E-state index contributed by atoms with van der Waals surface area (Å²) in [5.74, 6) is 0. The summed E-state index contributed by atoms with van der Waals surface area (Å²) in [5.41, 5.74) is 2.31. The van der Waals surface area contributed by atoms with Crippen LogP contribution in [0.5, 0.6) is 0 Å². The Labute approximate surface area is 106 Å². The van der Waals surface area contributed by atoms with Gasteiger partial charge >= 0.3 is 0 Å². The highest BCUT2D eigenvalue weighted by Gasteiger charge is 2.02. The minimum atomic E-state index is 0.563. The third kappa shape index (κ3) is 4.61. The summed E-state index contributed by atoms with van der Waals surface area (Å²) in [6.07, 6.45) is 0. The Balaban J connectivity index is 1.61. The smallest absolute Gasteiger partial charge is 0.138 e. The van der Waals surface area contributed by atoms with Gasteiger partial charge in [0.2, 0.25) is 0 Å². The molecule has 0 bridgehead atoms. The first-order valence-electron chi connectivity index (χ1n) is 5.47. The average Bonchev–Trinajstić information content (AvgIpc) is 2.41. The van der Waals surface area contributed by atoms with Crippen molar-refractivity contribution in [3.8, 4) is 0 Å². The lowest BCUT2D eigenvalue weighted by molar-refractivity contribution is 0.267. The van der Waals surface area contributed by atoms with Crippen molar-refractivity contribution < 1.29 is 8.37 Å². The van der Waals surface area contributed by atoms with Crippen LogP contribution in [-0.2, 0) is 33.9 Å². The molecule has 0 aliphatic rings. The van der Waals surface area contributed by atoms with Gasteiger partial charge in [0.1, 0.15) is 13.2 Å². The van der Waals surface area contributed by atoms with Crippen molar-refractivity contribution in [1.82, 2.24) is 0 Å². The highest BCUT2D eigenvalue weighted by Crippen LogP contribution is 2.04. The molecule has 0 aromatic heterocycles. The summed E-state index contributed by atoms with van der Waals surface area (Å²) < 4.78 is 10.8. The Bertz CT molecular complexity index is 375. The first kappa shape index (κ1) is 12.2. The van der Waals surface area contributed by atoms with E-state index in [1.807, 2.05) is 60.7 Å². The van der Waals surface area contributed by atoms with E-state index in [4.69, 9.17) is 8.37 Å². The third-order valence-electron chi connectivity index (χ3n) is 2.25. The van der Waals surface area contributed by atoms with E-state index in [0.29, 0.717) is 25.5 Å². The zero-order valence-electron chi connectivity index (χ0n) is 9.45. The van der Waals surface area contributed by atoms with Gasteiger partial charge in [-0.05, 0) is 11.1 Å². The van der Waals surface area contributed by atoms with Crippen LogP contribution in [0.15, 0.2) is 60.7 Å². The second-order valence-corrected chi connectivity index (χ2v) is 4.26. The highest BCUT2D eigenvalue weighted by atomic mass is 32.2. The Morgan fingerprint density at radius 3 is 1.47 bits per heavy atom. The second-order valence-electron chi connectivity index (χ2n) is 3.59. The molecule has 0 atom stereocenters. The maximum Gasteiger partial charge on any atom is 0.300 e. The monoisotopic (exact) mass is 247 g/mol. The molecule has 0 amide bonds. The molecule has 0 radical (unpaired) electrons. The predicted molar refractivity (Wildman–Crippen MR) is 71.2 cm³/mol. The molecule has 17 heavy (non-hydrogen) atoms. The summed E-state index contributed by atoms with van der Waals surface area (Å²) >= 11 is 0.563. The quantitative estimate of drug-likeness (QED) is 0.444. The van der Waals surface area contributed by atoms with E-state index < -0.39 is 0 Å². The lowest BCUT2D eigenvalue weighted by Gasteiger charge is -1.96. The summed E-state index contributed by atoms with van der Waals surface area (Å²) in [6.45, 7) is 1.16. The van der Waals surface area contributed by atoms with Crippen molar-refractivity contribution >= 4 is 12.3 Å². The van der Waals surface area contributed by atoms with Crippen LogP contribution in [0.3, 0.4) is 0 Å². The Morgan fingerprint density at radius 1 is 0.647 bits per heavy atom. The molecular weight excluding hydrogens is 232 g/mol. The number of rotatable bonds is 6. The molecule has 2 nitrogen and oxygen atoms in total. The van der Waals surface area contributed by atoms with Crippen molar-refractivity contribution in [1.29, 1.82) is 0 Å². The van der Waals surface area contributed by atoms with Crippen molar-refractivity contribution in [3.05, 3.63) is 71.8 Å². The van der Waals surface area contributed by atoms with Crippen LogP contribution in [0, 0.1) is 0 Å². The topological polar surface area (TPSA) is 18.5 Å². The van der Waals surface area contributed by atoms with Crippen LogP contribution in [0.1, 0.15) is 11.1 Å².